The third-order valence-electron chi connectivity index (χ3n) is 2.12. The highest BCUT2D eigenvalue weighted by atomic mass is 16.6. The van der Waals surface area contributed by atoms with Gasteiger partial charge in [0.15, 0.2) is 0 Å². The Morgan fingerprint density at radius 3 is 2.80 bits per heavy atom. The van der Waals surface area contributed by atoms with Gasteiger partial charge in [-0.15, -0.1) is 0 Å². The van der Waals surface area contributed by atoms with Gasteiger partial charge in [0.05, 0.1) is 4.92 Å². The van der Waals surface area contributed by atoms with Crippen LogP contribution in [-0.2, 0) is 4.74 Å². The molecule has 0 aliphatic carbocycles. The van der Waals surface area contributed by atoms with E-state index in [1.165, 1.54) is 12.3 Å². The fourth-order valence-corrected chi connectivity index (χ4v) is 1.35. The Balaban J connectivity index is 2.39. The quantitative estimate of drug-likeness (QED) is 0.485. The number of carbonyl (C=O) groups is 1. The number of nitro groups is 1. The zero-order chi connectivity index (χ0) is 15.2. The van der Waals surface area contributed by atoms with Crippen LogP contribution >= 0.6 is 0 Å². The van der Waals surface area contributed by atoms with Gasteiger partial charge in [-0.1, -0.05) is 0 Å². The molecule has 1 aromatic rings. The number of ether oxygens (including phenoxy) is 1. The number of anilines is 1. The van der Waals surface area contributed by atoms with E-state index in [9.17, 15) is 14.9 Å². The van der Waals surface area contributed by atoms with E-state index in [0.29, 0.717) is 5.69 Å². The van der Waals surface area contributed by atoms with Crippen LogP contribution in [0.25, 0.3) is 0 Å². The van der Waals surface area contributed by atoms with Gasteiger partial charge in [-0.3, -0.25) is 15.1 Å². The minimum absolute atomic E-state index is 0.0986. The predicted octanol–water partition coefficient (Wildman–Crippen LogP) is 1.93. The van der Waals surface area contributed by atoms with Crippen molar-refractivity contribution in [3.05, 3.63) is 28.6 Å². The predicted molar refractivity (Wildman–Crippen MR) is 73.6 cm³/mol. The molecule has 0 spiro atoms. The molecular weight excluding hydrogens is 264 g/mol. The maximum Gasteiger partial charge on any atom is 0.407 e. The third kappa shape index (κ3) is 5.51. The Labute approximate surface area is 116 Å². The number of hydrogen-bond donors (Lipinski definition) is 2. The van der Waals surface area contributed by atoms with Gasteiger partial charge in [-0.05, 0) is 26.8 Å². The van der Waals surface area contributed by atoms with Gasteiger partial charge in [0.25, 0.3) is 0 Å². The normalized spacial score (nSPS) is 10.8. The van der Waals surface area contributed by atoms with Gasteiger partial charge < -0.3 is 15.4 Å². The lowest BCUT2D eigenvalue weighted by atomic mass is 10.1. The second-order valence-electron chi connectivity index (χ2n) is 5.09. The second-order valence-corrected chi connectivity index (χ2v) is 5.09. The zero-order valence-corrected chi connectivity index (χ0v) is 11.7. The Kier molecular flexibility index (Phi) is 5.24. The maximum atomic E-state index is 11.4. The van der Waals surface area contributed by atoms with Gasteiger partial charge in [0, 0.05) is 18.3 Å². The van der Waals surface area contributed by atoms with E-state index in [-0.39, 0.29) is 24.4 Å². The maximum absolute atomic E-state index is 11.4. The van der Waals surface area contributed by atoms with Crippen LogP contribution in [0.3, 0.4) is 0 Å². The molecule has 1 heterocycles. The number of nitrogens with zero attached hydrogens (tertiary/aromatic N) is 2. The van der Waals surface area contributed by atoms with Crippen molar-refractivity contribution >= 4 is 17.5 Å². The molecule has 0 saturated carbocycles. The average molecular weight is 282 g/mol. The summed E-state index contributed by atoms with van der Waals surface area (Å²) in [6.07, 6.45) is 2.08. The van der Waals surface area contributed by atoms with Crippen LogP contribution in [0.5, 0.6) is 0 Å². The fourth-order valence-electron chi connectivity index (χ4n) is 1.35. The highest BCUT2D eigenvalue weighted by Crippen LogP contribution is 2.21. The lowest BCUT2D eigenvalue weighted by Crippen LogP contribution is -2.41. The van der Waals surface area contributed by atoms with Crippen LogP contribution in [-0.4, -0.2) is 34.7 Å². The number of amides is 1. The molecule has 110 valence electrons. The van der Waals surface area contributed by atoms with Crippen LogP contribution in [0, 0.1) is 10.1 Å². The van der Waals surface area contributed by atoms with Gasteiger partial charge in [-0.2, -0.15) is 0 Å². The van der Waals surface area contributed by atoms with Crippen LogP contribution in [0.15, 0.2) is 18.5 Å². The van der Waals surface area contributed by atoms with E-state index in [0.717, 1.165) is 6.20 Å². The number of rotatable bonds is 5. The summed E-state index contributed by atoms with van der Waals surface area (Å²) in [6.45, 7) is 5.89. The summed E-state index contributed by atoms with van der Waals surface area (Å²) in [6, 6.07) is 1.49. The molecule has 0 aliphatic heterocycles. The summed E-state index contributed by atoms with van der Waals surface area (Å²) in [7, 11) is 0. The van der Waals surface area contributed by atoms with Crippen molar-refractivity contribution in [2.24, 2.45) is 0 Å². The number of alkyl carbamates (subject to hydrolysis) is 1. The summed E-state index contributed by atoms with van der Waals surface area (Å²) >= 11 is 0. The largest absolute Gasteiger partial charge is 0.448 e. The van der Waals surface area contributed by atoms with E-state index >= 15 is 0 Å². The van der Waals surface area contributed by atoms with Crippen molar-refractivity contribution in [3.8, 4) is 0 Å². The lowest BCUT2D eigenvalue weighted by molar-refractivity contribution is -0.384. The summed E-state index contributed by atoms with van der Waals surface area (Å²) in [5.74, 6) is 0. The molecule has 0 saturated heterocycles. The molecule has 2 N–H and O–H groups in total. The highest BCUT2D eigenvalue weighted by molar-refractivity contribution is 5.68. The van der Waals surface area contributed by atoms with E-state index < -0.39 is 11.0 Å². The van der Waals surface area contributed by atoms with Gasteiger partial charge >= 0.3 is 11.8 Å². The molecule has 0 atom stereocenters. The van der Waals surface area contributed by atoms with Crippen LogP contribution in [0.2, 0.25) is 0 Å². The smallest absolute Gasteiger partial charge is 0.407 e. The van der Waals surface area contributed by atoms with Crippen molar-refractivity contribution < 1.29 is 14.5 Å². The average Bonchev–Trinajstić information content (AvgIpc) is 2.33. The number of nitrogens with one attached hydrogen (secondary N) is 2. The van der Waals surface area contributed by atoms with Gasteiger partial charge in [-0.25, -0.2) is 4.79 Å². The van der Waals surface area contributed by atoms with E-state index in [1.54, 1.807) is 0 Å². The minimum atomic E-state index is -0.525. The van der Waals surface area contributed by atoms with E-state index in [4.69, 9.17) is 4.74 Å². The molecular formula is C12H18N4O4. The Morgan fingerprint density at radius 2 is 2.20 bits per heavy atom. The van der Waals surface area contributed by atoms with Crippen LogP contribution in [0.1, 0.15) is 20.8 Å². The Bertz CT molecular complexity index is 485. The molecule has 1 aromatic heterocycles. The van der Waals surface area contributed by atoms with Crippen LogP contribution < -0.4 is 10.6 Å². The van der Waals surface area contributed by atoms with E-state index in [2.05, 4.69) is 15.6 Å². The van der Waals surface area contributed by atoms with Crippen molar-refractivity contribution in [2.75, 3.05) is 18.5 Å². The van der Waals surface area contributed by atoms with Crippen molar-refractivity contribution in [3.63, 3.8) is 0 Å². The summed E-state index contributed by atoms with van der Waals surface area (Å²) in [4.78, 5) is 25.3. The highest BCUT2D eigenvalue weighted by Gasteiger charge is 2.15. The Hall–Kier alpha value is -2.38. The summed E-state index contributed by atoms with van der Waals surface area (Å²) < 4.78 is 4.94. The van der Waals surface area contributed by atoms with Crippen molar-refractivity contribution in [1.82, 2.24) is 10.3 Å². The van der Waals surface area contributed by atoms with Crippen molar-refractivity contribution in [2.45, 2.75) is 26.3 Å². The molecule has 8 nitrogen and oxygen atoms in total. The first-order valence-electron chi connectivity index (χ1n) is 6.07. The molecule has 1 rings (SSSR count). The van der Waals surface area contributed by atoms with Gasteiger partial charge in [0.2, 0.25) is 0 Å². The molecule has 20 heavy (non-hydrogen) atoms. The van der Waals surface area contributed by atoms with Gasteiger partial charge in [0.1, 0.15) is 18.5 Å². The molecule has 0 aromatic carbocycles. The molecule has 0 radical (unpaired) electrons. The number of hydrogen-bond acceptors (Lipinski definition) is 6. The first kappa shape index (κ1) is 15.7. The first-order chi connectivity index (χ1) is 9.29. The summed E-state index contributed by atoms with van der Waals surface area (Å²) in [5.41, 5.74) is -0.148. The molecule has 0 unspecified atom stereocenters. The molecule has 8 heteroatoms. The molecule has 0 bridgehead atoms. The number of pyridine rings is 1. The second kappa shape index (κ2) is 6.69. The standard InChI is InChI=1S/C12H18N4O4/c1-12(2,3)15-11(17)20-7-6-14-9-4-5-13-8-10(9)16(18)19/h4-5,8H,6-7H2,1-3H3,(H,13,14)(H,15,17). The van der Waals surface area contributed by atoms with Crippen molar-refractivity contribution in [1.29, 1.82) is 0 Å². The molecule has 0 fully saturated rings. The monoisotopic (exact) mass is 282 g/mol. The fraction of sp³-hybridized carbons (Fsp3) is 0.500. The first-order valence-corrected chi connectivity index (χ1v) is 6.07. The summed E-state index contributed by atoms with van der Waals surface area (Å²) in [5, 5.41) is 16.2. The number of aromatic nitrogens is 1. The Morgan fingerprint density at radius 1 is 1.50 bits per heavy atom. The zero-order valence-electron chi connectivity index (χ0n) is 11.7. The van der Waals surface area contributed by atoms with E-state index in [1.807, 2.05) is 20.8 Å². The molecule has 1 amide bonds. The number of carbonyl (C=O) groups excluding carboxylic acids is 1. The lowest BCUT2D eigenvalue weighted by Gasteiger charge is -2.20. The van der Waals surface area contributed by atoms with Crippen LogP contribution in [0.4, 0.5) is 16.2 Å². The SMILES string of the molecule is CC(C)(C)NC(=O)OCCNc1ccncc1[N+](=O)[O-]. The third-order valence-corrected chi connectivity index (χ3v) is 2.12. The topological polar surface area (TPSA) is 106 Å². The molecule has 0 aliphatic rings. The minimum Gasteiger partial charge on any atom is -0.448 e.